The van der Waals surface area contributed by atoms with Gasteiger partial charge in [0.1, 0.15) is 0 Å². The van der Waals surface area contributed by atoms with Crippen molar-refractivity contribution in [3.8, 4) is 0 Å². The topological polar surface area (TPSA) is 9.23 Å². The van der Waals surface area contributed by atoms with E-state index in [0.717, 1.165) is 0 Å². The molecule has 3 rings (SSSR count). The molecule has 1 nitrogen and oxygen atoms in total. The van der Waals surface area contributed by atoms with E-state index in [2.05, 4.69) is 152 Å². The summed E-state index contributed by atoms with van der Waals surface area (Å²) in [4.78, 5) is 0. The van der Waals surface area contributed by atoms with Crippen LogP contribution in [0.15, 0.2) is 120 Å². The van der Waals surface area contributed by atoms with E-state index >= 15 is 0 Å². The molecule has 0 spiro atoms. The minimum Gasteiger partial charge on any atom is -0.404 e. The summed E-state index contributed by atoms with van der Waals surface area (Å²) in [6, 6.07) is 21.7. The van der Waals surface area contributed by atoms with Crippen molar-refractivity contribution in [2.75, 3.05) is 6.61 Å². The Morgan fingerprint density at radius 2 is 1.46 bits per heavy atom. The fraction of sp³-hybridized carbons (Fsp3) is 0.371. The fourth-order valence-corrected chi connectivity index (χ4v) is 10.1. The fourth-order valence-electron chi connectivity index (χ4n) is 5.63. The number of hydrogen-bond donors (Lipinski definition) is 0. The van der Waals surface area contributed by atoms with Crippen molar-refractivity contribution in [1.82, 2.24) is 0 Å². The van der Waals surface area contributed by atoms with Gasteiger partial charge in [-0.3, -0.25) is 0 Å². The van der Waals surface area contributed by atoms with Gasteiger partial charge >= 0.3 is 0 Å². The SMILES string of the molecule is CC1=C(/C=C/C=C/C=C\C(C)=C\CO[Si](c2ccccc2)(c2ccccc2)C(C)(C)C)C(C)(C)CCC1. The van der Waals surface area contributed by atoms with Gasteiger partial charge < -0.3 is 4.43 Å². The minimum absolute atomic E-state index is 0.0109. The lowest BCUT2D eigenvalue weighted by molar-refractivity contribution is 0.339. The highest BCUT2D eigenvalue weighted by atomic mass is 28.4. The van der Waals surface area contributed by atoms with Crippen LogP contribution in [0.2, 0.25) is 5.04 Å². The van der Waals surface area contributed by atoms with E-state index in [1.165, 1.54) is 46.4 Å². The first-order valence-corrected chi connectivity index (χ1v) is 15.6. The molecule has 0 saturated heterocycles. The van der Waals surface area contributed by atoms with Crippen molar-refractivity contribution in [2.24, 2.45) is 5.41 Å². The van der Waals surface area contributed by atoms with Crippen LogP contribution in [0.4, 0.5) is 0 Å². The summed E-state index contributed by atoms with van der Waals surface area (Å²) in [6.45, 7) is 16.7. The monoisotopic (exact) mass is 510 g/mol. The van der Waals surface area contributed by atoms with Crippen LogP contribution < -0.4 is 10.4 Å². The molecule has 2 aromatic carbocycles. The highest BCUT2D eigenvalue weighted by molar-refractivity contribution is 6.99. The Morgan fingerprint density at radius 1 is 0.892 bits per heavy atom. The molecule has 0 amide bonds. The first-order chi connectivity index (χ1) is 17.6. The van der Waals surface area contributed by atoms with Crippen LogP contribution in [0.3, 0.4) is 0 Å². The Kier molecular flexibility index (Phi) is 9.92. The average molecular weight is 511 g/mol. The highest BCUT2D eigenvalue weighted by Gasteiger charge is 2.49. The van der Waals surface area contributed by atoms with Crippen LogP contribution in [0, 0.1) is 5.41 Å². The van der Waals surface area contributed by atoms with Gasteiger partial charge in [-0.05, 0) is 59.5 Å². The Balaban J connectivity index is 1.72. The molecule has 0 aliphatic heterocycles. The molecular formula is C35H46OSi. The molecule has 0 heterocycles. The molecule has 0 N–H and O–H groups in total. The summed E-state index contributed by atoms with van der Waals surface area (Å²) < 4.78 is 6.97. The van der Waals surface area contributed by atoms with Crippen LogP contribution in [0.25, 0.3) is 0 Å². The van der Waals surface area contributed by atoms with E-state index in [9.17, 15) is 0 Å². The summed E-state index contributed by atoms with van der Waals surface area (Å²) in [6.07, 6.45) is 19.0. The van der Waals surface area contributed by atoms with E-state index < -0.39 is 8.32 Å². The summed E-state index contributed by atoms with van der Waals surface area (Å²) in [7, 11) is -2.50. The second-order valence-electron chi connectivity index (χ2n) is 12.0. The molecule has 0 aromatic heterocycles. The van der Waals surface area contributed by atoms with Gasteiger partial charge in [-0.2, -0.15) is 0 Å². The van der Waals surface area contributed by atoms with Gasteiger partial charge in [0.2, 0.25) is 0 Å². The van der Waals surface area contributed by atoms with Crippen molar-refractivity contribution in [3.05, 3.63) is 120 Å². The zero-order chi connectivity index (χ0) is 26.9. The largest absolute Gasteiger partial charge is 0.404 e. The molecule has 2 heteroatoms. The molecule has 2 aromatic rings. The molecule has 196 valence electrons. The van der Waals surface area contributed by atoms with Crippen LogP contribution in [-0.2, 0) is 4.43 Å². The van der Waals surface area contributed by atoms with Gasteiger partial charge in [0.05, 0.1) is 6.61 Å². The summed E-state index contributed by atoms with van der Waals surface area (Å²) in [5.74, 6) is 0. The summed E-state index contributed by atoms with van der Waals surface area (Å²) >= 11 is 0. The molecule has 0 atom stereocenters. The predicted octanol–water partition coefficient (Wildman–Crippen LogP) is 8.70. The van der Waals surface area contributed by atoms with Crippen molar-refractivity contribution in [1.29, 1.82) is 0 Å². The van der Waals surface area contributed by atoms with E-state index in [0.29, 0.717) is 6.61 Å². The lowest BCUT2D eigenvalue weighted by Crippen LogP contribution is -2.66. The number of rotatable bonds is 9. The Hall–Kier alpha value is -2.68. The molecule has 0 fully saturated rings. The van der Waals surface area contributed by atoms with Gasteiger partial charge in [0.25, 0.3) is 8.32 Å². The van der Waals surface area contributed by atoms with Gasteiger partial charge in [-0.1, -0.05) is 149 Å². The average Bonchev–Trinajstić information content (AvgIpc) is 2.85. The van der Waals surface area contributed by atoms with Crippen LogP contribution in [0.1, 0.15) is 67.7 Å². The summed E-state index contributed by atoms with van der Waals surface area (Å²) in [5, 5.41) is 2.62. The third kappa shape index (κ3) is 7.21. The third-order valence-electron chi connectivity index (χ3n) is 7.62. The quantitative estimate of drug-likeness (QED) is 0.242. The van der Waals surface area contributed by atoms with Crippen molar-refractivity contribution in [3.63, 3.8) is 0 Å². The lowest BCUT2D eigenvalue weighted by Gasteiger charge is -2.42. The Labute approximate surface area is 227 Å². The maximum absolute atomic E-state index is 6.97. The predicted molar refractivity (Wildman–Crippen MR) is 165 cm³/mol. The van der Waals surface area contributed by atoms with E-state index in [1.807, 2.05) is 0 Å². The zero-order valence-electron chi connectivity index (χ0n) is 24.1. The van der Waals surface area contributed by atoms with E-state index in [4.69, 9.17) is 4.43 Å². The van der Waals surface area contributed by atoms with Gasteiger partial charge in [-0.25, -0.2) is 0 Å². The second kappa shape index (κ2) is 12.7. The number of hydrogen-bond acceptors (Lipinski definition) is 1. The van der Waals surface area contributed by atoms with Crippen LogP contribution >= 0.6 is 0 Å². The molecule has 0 bridgehead atoms. The maximum atomic E-state index is 6.97. The van der Waals surface area contributed by atoms with E-state index in [-0.39, 0.29) is 10.5 Å². The first-order valence-electron chi connectivity index (χ1n) is 13.7. The number of allylic oxidation sites excluding steroid dienone is 9. The third-order valence-corrected chi connectivity index (χ3v) is 12.6. The van der Waals surface area contributed by atoms with Crippen molar-refractivity contribution < 1.29 is 4.43 Å². The smallest absolute Gasteiger partial charge is 0.261 e. The molecule has 0 unspecified atom stereocenters. The van der Waals surface area contributed by atoms with Crippen molar-refractivity contribution in [2.45, 2.75) is 72.8 Å². The molecule has 37 heavy (non-hydrogen) atoms. The standard InChI is InChI=1S/C35H46OSi/c1-29(19-12-8-9-17-25-33-30(2)20-18-27-35(33,6)7)26-28-36-37(34(3,4)5,31-21-13-10-14-22-31)32-23-15-11-16-24-32/h8-17,19,21-26H,18,20,27-28H2,1-7H3/b9-8+,19-12-,25-17+,29-26+. The Bertz CT molecular complexity index is 1120. The van der Waals surface area contributed by atoms with Gasteiger partial charge in [0, 0.05) is 0 Å². The second-order valence-corrected chi connectivity index (χ2v) is 16.3. The van der Waals surface area contributed by atoms with Crippen molar-refractivity contribution >= 4 is 18.7 Å². The zero-order valence-corrected chi connectivity index (χ0v) is 25.1. The minimum atomic E-state index is -2.50. The van der Waals surface area contributed by atoms with Crippen LogP contribution in [0.5, 0.6) is 0 Å². The maximum Gasteiger partial charge on any atom is 0.261 e. The number of benzene rings is 2. The highest BCUT2D eigenvalue weighted by Crippen LogP contribution is 2.40. The molecule has 0 saturated carbocycles. The normalized spacial score (nSPS) is 17.4. The van der Waals surface area contributed by atoms with Crippen LogP contribution in [-0.4, -0.2) is 14.9 Å². The summed E-state index contributed by atoms with van der Waals surface area (Å²) in [5.41, 5.74) is 4.53. The molecular weight excluding hydrogens is 464 g/mol. The molecule has 1 aliphatic carbocycles. The lowest BCUT2D eigenvalue weighted by atomic mass is 9.73. The van der Waals surface area contributed by atoms with E-state index in [1.54, 1.807) is 0 Å². The van der Waals surface area contributed by atoms with Gasteiger partial charge in [0.15, 0.2) is 0 Å². The molecule has 1 aliphatic rings. The first kappa shape index (κ1) is 28.9. The molecule has 0 radical (unpaired) electrons. The Morgan fingerprint density at radius 3 is 2.00 bits per heavy atom. The van der Waals surface area contributed by atoms with Gasteiger partial charge in [-0.15, -0.1) is 0 Å².